The number of H-pyrrole nitrogens is 1. The van der Waals surface area contributed by atoms with E-state index >= 15 is 0 Å². The molecule has 0 radical (unpaired) electrons. The number of para-hydroxylation sites is 1. The van der Waals surface area contributed by atoms with Gasteiger partial charge < -0.3 is 28.9 Å². The summed E-state index contributed by atoms with van der Waals surface area (Å²) in [5, 5.41) is 26.5. The Bertz CT molecular complexity index is 2850. The highest BCUT2D eigenvalue weighted by molar-refractivity contribution is 6.32. The van der Waals surface area contributed by atoms with Gasteiger partial charge in [0.15, 0.2) is 0 Å². The van der Waals surface area contributed by atoms with E-state index in [9.17, 15) is 5.26 Å². The first kappa shape index (κ1) is 60.2. The minimum absolute atomic E-state index is 0.104. The summed E-state index contributed by atoms with van der Waals surface area (Å²) in [4.78, 5) is 6.98. The Hall–Kier alpha value is -6.69. The molecule has 7 aromatic rings. The third-order valence-corrected chi connectivity index (χ3v) is 12.7. The number of rotatable bonds is 26. The van der Waals surface area contributed by atoms with Crippen molar-refractivity contribution in [1.82, 2.24) is 44.5 Å². The molecule has 76 heavy (non-hydrogen) atoms. The summed E-state index contributed by atoms with van der Waals surface area (Å²) < 4.78 is 21.3. The molecule has 0 aliphatic rings. The maximum absolute atomic E-state index is 9.57. The Balaban J connectivity index is 0.000000211. The summed E-state index contributed by atoms with van der Waals surface area (Å²) in [5.74, 6) is 2.88. The lowest BCUT2D eigenvalue weighted by Crippen LogP contribution is -2.19. The average molecular weight is 1050 g/mol. The number of nitrogens with one attached hydrogen (secondary N) is 1. The quantitative estimate of drug-likeness (QED) is 0.0524. The molecule has 0 spiro atoms. The number of hydrogen-bond donors (Lipinski definition) is 1. The minimum Gasteiger partial charge on any atom is -0.491 e. The average Bonchev–Trinajstić information content (AvgIpc) is 4.14. The van der Waals surface area contributed by atoms with Crippen LogP contribution in [-0.4, -0.2) is 97.4 Å². The van der Waals surface area contributed by atoms with Crippen molar-refractivity contribution in [3.05, 3.63) is 150 Å². The number of aromatic nitrogens is 6. The van der Waals surface area contributed by atoms with Crippen molar-refractivity contribution in [1.29, 1.82) is 5.26 Å². The number of hydrogen-bond acceptors (Lipinski definition) is 10. The van der Waals surface area contributed by atoms with Crippen LogP contribution in [0.15, 0.2) is 122 Å². The molecule has 0 fully saturated rings. The topological polar surface area (TPSA) is 126 Å². The number of halogens is 1. The zero-order valence-electron chi connectivity index (χ0n) is 47.2. The van der Waals surface area contributed by atoms with Gasteiger partial charge in [-0.05, 0) is 161 Å². The van der Waals surface area contributed by atoms with E-state index in [0.717, 1.165) is 84.4 Å². The summed E-state index contributed by atoms with van der Waals surface area (Å²) in [6.07, 6.45) is 15.2. The van der Waals surface area contributed by atoms with Crippen molar-refractivity contribution in [3.63, 3.8) is 0 Å². The first-order valence-electron chi connectivity index (χ1n) is 26.9. The van der Waals surface area contributed by atoms with Gasteiger partial charge in [0.2, 0.25) is 0 Å². The number of nitriles is 1. The molecule has 0 amide bonds. The van der Waals surface area contributed by atoms with Gasteiger partial charge >= 0.3 is 0 Å². The van der Waals surface area contributed by atoms with E-state index in [1.165, 1.54) is 55.3 Å². The minimum atomic E-state index is 0.104. The first-order valence-corrected chi connectivity index (χ1v) is 27.3. The summed E-state index contributed by atoms with van der Waals surface area (Å²) in [6.45, 7) is 25.1. The van der Waals surface area contributed by atoms with E-state index < -0.39 is 0 Å². The second-order valence-corrected chi connectivity index (χ2v) is 20.3. The highest BCUT2D eigenvalue weighted by atomic mass is 35.5. The van der Waals surface area contributed by atoms with Crippen molar-refractivity contribution in [2.75, 3.05) is 40.8 Å². The Morgan fingerprint density at radius 1 is 0.658 bits per heavy atom. The molecule has 3 aromatic heterocycles. The Morgan fingerprint density at radius 2 is 1.21 bits per heavy atom. The maximum Gasteiger partial charge on any atom is 0.145 e. The summed E-state index contributed by atoms with van der Waals surface area (Å²) >= 11 is 6.40. The molecule has 0 saturated heterocycles. The highest BCUT2D eigenvalue weighted by Gasteiger charge is 2.18. The van der Waals surface area contributed by atoms with Crippen LogP contribution in [0.1, 0.15) is 109 Å². The predicted octanol–water partition coefficient (Wildman–Crippen LogP) is 14.5. The Morgan fingerprint density at radius 3 is 1.78 bits per heavy atom. The maximum atomic E-state index is 9.57. The summed E-state index contributed by atoms with van der Waals surface area (Å²) in [6, 6.07) is 31.6. The van der Waals surface area contributed by atoms with E-state index in [1.807, 2.05) is 142 Å². The molecular formula is C62H83ClN10O3. The predicted molar refractivity (Wildman–Crippen MR) is 312 cm³/mol. The molecule has 14 heteroatoms. The largest absolute Gasteiger partial charge is 0.491 e. The van der Waals surface area contributed by atoms with Gasteiger partial charge in [-0.1, -0.05) is 75.9 Å². The Labute approximate surface area is 459 Å². The fourth-order valence-corrected chi connectivity index (χ4v) is 8.84. The lowest BCUT2D eigenvalue weighted by atomic mass is 10.0. The third-order valence-electron chi connectivity index (χ3n) is 12.4. The first-order chi connectivity index (χ1) is 36.7. The van der Waals surface area contributed by atoms with Crippen LogP contribution in [0.5, 0.6) is 23.0 Å². The normalized spacial score (nSPS) is 11.2. The molecule has 406 valence electrons. The van der Waals surface area contributed by atoms with Gasteiger partial charge in [-0.3, -0.25) is 14.5 Å². The van der Waals surface area contributed by atoms with Crippen LogP contribution in [0.4, 0.5) is 0 Å². The van der Waals surface area contributed by atoms with Gasteiger partial charge in [0.25, 0.3) is 0 Å². The smallest absolute Gasteiger partial charge is 0.145 e. The van der Waals surface area contributed by atoms with E-state index in [-0.39, 0.29) is 12.2 Å². The molecular weight excluding hydrogens is 968 g/mol. The van der Waals surface area contributed by atoms with E-state index in [2.05, 4.69) is 108 Å². The van der Waals surface area contributed by atoms with Crippen LogP contribution in [0, 0.1) is 11.3 Å². The molecule has 0 atom stereocenters. The van der Waals surface area contributed by atoms with Crippen molar-refractivity contribution in [3.8, 4) is 62.8 Å². The number of ether oxygens (including phenoxy) is 3. The van der Waals surface area contributed by atoms with Gasteiger partial charge in [0.05, 0.1) is 65.0 Å². The van der Waals surface area contributed by atoms with Gasteiger partial charge in [0.1, 0.15) is 29.1 Å². The SMILES string of the molecule is C=CCn1ncc(CN(C)CCCC)c1-c1ccc(OC(C)C)cc1.CCCCN(C)Cc1cn[nH]c1-c1ccc(Oc2ccccc2)c(C#N)c1.CCCCN(C)Cc1cnn(C)c1-c1ccc(OC(C)C)c(Cl)c1. The molecule has 3 heterocycles. The van der Waals surface area contributed by atoms with Gasteiger partial charge in [-0.2, -0.15) is 20.6 Å². The van der Waals surface area contributed by atoms with Crippen molar-refractivity contribution >= 4 is 11.6 Å². The van der Waals surface area contributed by atoms with Crippen LogP contribution >= 0.6 is 11.6 Å². The number of aromatic amines is 1. The van der Waals surface area contributed by atoms with Crippen LogP contribution in [0.3, 0.4) is 0 Å². The lowest BCUT2D eigenvalue weighted by Gasteiger charge is -2.17. The van der Waals surface area contributed by atoms with Crippen molar-refractivity contribution < 1.29 is 14.2 Å². The van der Waals surface area contributed by atoms with Crippen LogP contribution in [0.25, 0.3) is 33.8 Å². The molecule has 0 saturated carbocycles. The van der Waals surface area contributed by atoms with E-state index in [0.29, 0.717) is 28.6 Å². The molecule has 7 rings (SSSR count). The van der Waals surface area contributed by atoms with Crippen molar-refractivity contribution in [2.45, 2.75) is 125 Å². The fraction of sp³-hybridized carbons (Fsp3) is 0.419. The van der Waals surface area contributed by atoms with Crippen LogP contribution < -0.4 is 14.2 Å². The Kier molecular flexibility index (Phi) is 24.8. The van der Waals surface area contributed by atoms with Gasteiger partial charge in [-0.25, -0.2) is 0 Å². The van der Waals surface area contributed by atoms with Gasteiger partial charge in [-0.15, -0.1) is 6.58 Å². The van der Waals surface area contributed by atoms with E-state index in [1.54, 1.807) is 0 Å². The van der Waals surface area contributed by atoms with Crippen molar-refractivity contribution in [2.24, 2.45) is 7.05 Å². The molecule has 1 N–H and O–H groups in total. The van der Waals surface area contributed by atoms with Gasteiger partial charge in [0, 0.05) is 60.1 Å². The molecule has 4 aromatic carbocycles. The van der Waals surface area contributed by atoms with Crippen LogP contribution in [0.2, 0.25) is 5.02 Å². The summed E-state index contributed by atoms with van der Waals surface area (Å²) in [7, 11) is 8.41. The number of nitrogens with zero attached hydrogens (tertiary/aromatic N) is 9. The zero-order chi connectivity index (χ0) is 55.0. The highest BCUT2D eigenvalue weighted by Crippen LogP contribution is 2.34. The molecule has 0 aliphatic heterocycles. The standard InChI is InChI=1S/C22H24N4O.C21H31N3O.C19H28ClN3O/c1-3-4-12-26(2)16-19-15-24-25-22(19)17-10-11-21(18(13-17)14-23)27-20-8-6-5-7-9-20;1-6-8-14-23(5)16-19-15-22-24(13-7-2)21(19)18-9-11-20(12-10-18)25-17(3)4;1-6-7-10-22(4)13-16-12-21-23(5)19(16)15-8-9-18(17(20)11-15)24-14(2)3/h5-11,13,15H,3-4,12,16H2,1-2H3,(H,24,25);7,9-12,15,17H,2,6,8,13-14,16H2,1,3-5H3;8-9,11-12,14H,6-7,10,13H2,1-5H3. The number of allylic oxidation sites excluding steroid dienone is 1. The second kappa shape index (κ2) is 31.4. The fourth-order valence-electron chi connectivity index (χ4n) is 8.62. The number of aryl methyl sites for hydroxylation is 1. The molecule has 0 aliphatic carbocycles. The number of unbranched alkanes of at least 4 members (excludes halogenated alkanes) is 3. The van der Waals surface area contributed by atoms with Crippen LogP contribution in [-0.2, 0) is 33.2 Å². The number of benzene rings is 4. The molecule has 0 unspecified atom stereocenters. The second-order valence-electron chi connectivity index (χ2n) is 19.9. The summed E-state index contributed by atoms with van der Waals surface area (Å²) in [5.41, 5.74) is 10.5. The monoisotopic (exact) mass is 1050 g/mol. The zero-order valence-corrected chi connectivity index (χ0v) is 47.9. The molecule has 13 nitrogen and oxygen atoms in total. The third kappa shape index (κ3) is 18.6. The van der Waals surface area contributed by atoms with E-state index in [4.69, 9.17) is 25.8 Å². The molecule has 0 bridgehead atoms. The lowest BCUT2D eigenvalue weighted by molar-refractivity contribution is 0.242.